The zero-order valence-corrected chi connectivity index (χ0v) is 13.4. The number of ether oxygens (including phenoxy) is 1. The Hall–Kier alpha value is -1.05. The Labute approximate surface area is 118 Å². The average molecular weight is 266 g/mol. The molecule has 0 aliphatic heterocycles. The van der Waals surface area contributed by atoms with Gasteiger partial charge in [-0.1, -0.05) is 52.7 Å². The highest BCUT2D eigenvalue weighted by Crippen LogP contribution is 2.21. The summed E-state index contributed by atoms with van der Waals surface area (Å²) in [5.41, 5.74) is 0.939. The minimum absolute atomic E-state index is 0.291. The van der Waals surface area contributed by atoms with Crippen molar-refractivity contribution in [3.63, 3.8) is 0 Å². The molecule has 0 rings (SSSR count). The standard InChI is InChI=1S/C17H30O2/c1-13(2)16(5)11-10-14(3)8-7-9-15(4)12-17(18)19-6/h7,9,12-14,16H,8,10-11H2,1-6H3. The molecule has 0 radical (unpaired) electrons. The van der Waals surface area contributed by atoms with E-state index in [1.807, 2.05) is 13.0 Å². The van der Waals surface area contributed by atoms with Gasteiger partial charge in [-0.15, -0.1) is 0 Å². The van der Waals surface area contributed by atoms with Crippen LogP contribution in [0.15, 0.2) is 23.8 Å². The molecule has 0 saturated heterocycles. The van der Waals surface area contributed by atoms with Gasteiger partial charge in [0.25, 0.3) is 0 Å². The van der Waals surface area contributed by atoms with Gasteiger partial charge in [0.05, 0.1) is 7.11 Å². The number of carbonyl (C=O) groups excluding carboxylic acids is 1. The lowest BCUT2D eigenvalue weighted by molar-refractivity contribution is -0.134. The number of allylic oxidation sites excluding steroid dienone is 3. The van der Waals surface area contributed by atoms with Gasteiger partial charge in [-0.05, 0) is 36.7 Å². The van der Waals surface area contributed by atoms with Crippen molar-refractivity contribution in [2.75, 3.05) is 7.11 Å². The maximum absolute atomic E-state index is 11.0. The largest absolute Gasteiger partial charge is 0.466 e. The Bertz CT molecular complexity index is 313. The van der Waals surface area contributed by atoms with E-state index in [1.54, 1.807) is 0 Å². The molecule has 0 spiro atoms. The van der Waals surface area contributed by atoms with Crippen LogP contribution in [0.5, 0.6) is 0 Å². The minimum Gasteiger partial charge on any atom is -0.466 e. The van der Waals surface area contributed by atoms with Gasteiger partial charge >= 0.3 is 5.97 Å². The van der Waals surface area contributed by atoms with Crippen molar-refractivity contribution in [2.45, 2.75) is 53.9 Å². The molecule has 0 fully saturated rings. The molecule has 0 heterocycles. The van der Waals surface area contributed by atoms with Crippen molar-refractivity contribution in [3.8, 4) is 0 Å². The van der Waals surface area contributed by atoms with Crippen molar-refractivity contribution in [3.05, 3.63) is 23.8 Å². The molecule has 0 aromatic heterocycles. The van der Waals surface area contributed by atoms with Crippen LogP contribution in [-0.2, 0) is 9.53 Å². The number of carbonyl (C=O) groups is 1. The molecule has 0 bridgehead atoms. The normalized spacial score (nSPS) is 15.8. The molecule has 0 aliphatic carbocycles. The number of rotatable bonds is 8. The van der Waals surface area contributed by atoms with E-state index in [0.29, 0.717) is 5.92 Å². The molecule has 19 heavy (non-hydrogen) atoms. The molecule has 2 heteroatoms. The first kappa shape index (κ1) is 17.9. The molecular formula is C17H30O2. The summed E-state index contributed by atoms with van der Waals surface area (Å²) in [4.78, 5) is 11.0. The summed E-state index contributed by atoms with van der Waals surface area (Å²) >= 11 is 0. The van der Waals surface area contributed by atoms with E-state index in [-0.39, 0.29) is 5.97 Å². The van der Waals surface area contributed by atoms with Gasteiger partial charge in [-0.2, -0.15) is 0 Å². The first-order chi connectivity index (χ1) is 8.86. The quantitative estimate of drug-likeness (QED) is 0.360. The highest BCUT2D eigenvalue weighted by molar-refractivity contribution is 5.83. The molecule has 0 saturated carbocycles. The smallest absolute Gasteiger partial charge is 0.330 e. The molecule has 2 nitrogen and oxygen atoms in total. The van der Waals surface area contributed by atoms with E-state index in [1.165, 1.54) is 26.0 Å². The lowest BCUT2D eigenvalue weighted by atomic mass is 9.89. The summed E-state index contributed by atoms with van der Waals surface area (Å²) in [6, 6.07) is 0. The van der Waals surface area contributed by atoms with Crippen LogP contribution in [0.2, 0.25) is 0 Å². The van der Waals surface area contributed by atoms with Crippen molar-refractivity contribution in [1.82, 2.24) is 0 Å². The van der Waals surface area contributed by atoms with Gasteiger partial charge in [0.15, 0.2) is 0 Å². The Morgan fingerprint density at radius 3 is 2.32 bits per heavy atom. The van der Waals surface area contributed by atoms with Crippen LogP contribution in [-0.4, -0.2) is 13.1 Å². The topological polar surface area (TPSA) is 26.3 Å². The van der Waals surface area contributed by atoms with Gasteiger partial charge in [0.1, 0.15) is 0 Å². The third-order valence-corrected chi connectivity index (χ3v) is 3.72. The first-order valence-electron chi connectivity index (χ1n) is 7.29. The first-order valence-corrected chi connectivity index (χ1v) is 7.29. The number of esters is 1. The van der Waals surface area contributed by atoms with E-state index >= 15 is 0 Å². The van der Waals surface area contributed by atoms with Crippen molar-refractivity contribution < 1.29 is 9.53 Å². The molecular weight excluding hydrogens is 236 g/mol. The fraction of sp³-hybridized carbons (Fsp3) is 0.706. The van der Waals surface area contributed by atoms with E-state index in [4.69, 9.17) is 0 Å². The molecule has 2 unspecified atom stereocenters. The average Bonchev–Trinajstić information content (AvgIpc) is 2.35. The van der Waals surface area contributed by atoms with Crippen LogP contribution in [0.25, 0.3) is 0 Å². The van der Waals surface area contributed by atoms with E-state index in [9.17, 15) is 4.79 Å². The molecule has 2 atom stereocenters. The maximum atomic E-state index is 11.0. The summed E-state index contributed by atoms with van der Waals surface area (Å²) in [6.45, 7) is 11.1. The summed E-state index contributed by atoms with van der Waals surface area (Å²) in [5.74, 6) is 1.98. The zero-order chi connectivity index (χ0) is 14.8. The number of methoxy groups -OCH3 is 1. The monoisotopic (exact) mass is 266 g/mol. The van der Waals surface area contributed by atoms with Crippen LogP contribution in [0, 0.1) is 17.8 Å². The fourth-order valence-electron chi connectivity index (χ4n) is 1.78. The van der Waals surface area contributed by atoms with Crippen molar-refractivity contribution in [1.29, 1.82) is 0 Å². The van der Waals surface area contributed by atoms with E-state index in [0.717, 1.165) is 23.8 Å². The predicted molar refractivity (Wildman–Crippen MR) is 81.9 cm³/mol. The second-order valence-corrected chi connectivity index (χ2v) is 5.95. The molecule has 0 aromatic rings. The van der Waals surface area contributed by atoms with Crippen LogP contribution in [0.4, 0.5) is 0 Å². The molecule has 0 aromatic carbocycles. The maximum Gasteiger partial charge on any atom is 0.330 e. The number of hydrogen-bond acceptors (Lipinski definition) is 2. The molecule has 110 valence electrons. The van der Waals surface area contributed by atoms with E-state index in [2.05, 4.69) is 38.5 Å². The SMILES string of the molecule is COC(=O)C=C(C)C=CCC(C)CCC(C)C(C)C. The number of hydrogen-bond donors (Lipinski definition) is 0. The van der Waals surface area contributed by atoms with Crippen molar-refractivity contribution in [2.24, 2.45) is 17.8 Å². The highest BCUT2D eigenvalue weighted by Gasteiger charge is 2.08. The van der Waals surface area contributed by atoms with Crippen LogP contribution in [0.3, 0.4) is 0 Å². The lowest BCUT2D eigenvalue weighted by Crippen LogP contribution is -2.06. The second-order valence-electron chi connectivity index (χ2n) is 5.95. The van der Waals surface area contributed by atoms with Crippen LogP contribution in [0.1, 0.15) is 53.9 Å². The highest BCUT2D eigenvalue weighted by atomic mass is 16.5. The van der Waals surface area contributed by atoms with Gasteiger partial charge in [0.2, 0.25) is 0 Å². The van der Waals surface area contributed by atoms with E-state index < -0.39 is 0 Å². The van der Waals surface area contributed by atoms with Gasteiger partial charge < -0.3 is 4.74 Å². The molecule has 0 amide bonds. The molecule has 0 N–H and O–H groups in total. The van der Waals surface area contributed by atoms with Crippen LogP contribution < -0.4 is 0 Å². The lowest BCUT2D eigenvalue weighted by Gasteiger charge is -2.17. The van der Waals surface area contributed by atoms with Crippen molar-refractivity contribution >= 4 is 5.97 Å². The third-order valence-electron chi connectivity index (χ3n) is 3.72. The third kappa shape index (κ3) is 9.52. The zero-order valence-electron chi connectivity index (χ0n) is 13.4. The summed E-state index contributed by atoms with van der Waals surface area (Å²) < 4.78 is 4.59. The summed E-state index contributed by atoms with van der Waals surface area (Å²) in [5, 5.41) is 0. The summed E-state index contributed by atoms with van der Waals surface area (Å²) in [7, 11) is 1.40. The Balaban J connectivity index is 3.99. The Kier molecular flexibility index (Phi) is 9.28. The van der Waals surface area contributed by atoms with Gasteiger partial charge in [-0.25, -0.2) is 4.79 Å². The molecule has 0 aliphatic rings. The predicted octanol–water partition coefficient (Wildman–Crippen LogP) is 4.76. The second kappa shape index (κ2) is 9.82. The fourth-order valence-corrected chi connectivity index (χ4v) is 1.78. The minimum atomic E-state index is -0.291. The summed E-state index contributed by atoms with van der Waals surface area (Å²) in [6.07, 6.45) is 9.30. The Morgan fingerprint density at radius 1 is 1.16 bits per heavy atom. The Morgan fingerprint density at radius 2 is 1.79 bits per heavy atom. The van der Waals surface area contributed by atoms with Gasteiger partial charge in [0, 0.05) is 6.08 Å². The van der Waals surface area contributed by atoms with Gasteiger partial charge in [-0.3, -0.25) is 0 Å². The van der Waals surface area contributed by atoms with Crippen LogP contribution >= 0.6 is 0 Å².